The summed E-state index contributed by atoms with van der Waals surface area (Å²) < 4.78 is 42.4. The van der Waals surface area contributed by atoms with E-state index in [0.29, 0.717) is 50.6 Å². The summed E-state index contributed by atoms with van der Waals surface area (Å²) in [7, 11) is -4.88. The van der Waals surface area contributed by atoms with Crippen LogP contribution in [0.2, 0.25) is 0 Å². The van der Waals surface area contributed by atoms with Crippen molar-refractivity contribution in [2.75, 3.05) is 13.1 Å². The smallest absolute Gasteiger partial charge is 0.404 e. The van der Waals surface area contributed by atoms with Crippen LogP contribution < -0.4 is 37.5 Å². The SMILES string of the molecule is C[C@H](NC(=O)[C@H](CCCCN)NC(=O)[C@H](C)NC(=O)[C@@H](NC(=O)[C@H](CCCCN)NS(=O)(=O)c1ccc(-c2ccccc2)cc1)[C@@H](C)O)B1O[C@@H]2C[C@@H]3C[C@@H](C3(C)C)[C@]2(C)O1. The molecule has 2 aromatic rings. The molecule has 0 unspecified atom stereocenters. The van der Waals surface area contributed by atoms with Gasteiger partial charge in [0.1, 0.15) is 24.2 Å². The number of rotatable bonds is 22. The van der Waals surface area contributed by atoms with Crippen molar-refractivity contribution in [2.24, 2.45) is 28.7 Å². The number of hydrogen-bond acceptors (Lipinski definition) is 11. The number of carbonyl (C=O) groups excluding carboxylic acids is 4. The first-order valence-electron chi connectivity index (χ1n) is 21.6. The lowest BCUT2D eigenvalue weighted by Gasteiger charge is -2.64. The maximum absolute atomic E-state index is 13.7. The molecule has 0 radical (unpaired) electrons. The number of sulfonamides is 1. The van der Waals surface area contributed by atoms with Crippen LogP contribution in [0.1, 0.15) is 92.9 Å². The molecule has 6 rings (SSSR count). The van der Waals surface area contributed by atoms with E-state index in [2.05, 4.69) is 46.8 Å². The molecule has 2 aromatic carbocycles. The molecule has 10 N–H and O–H groups in total. The van der Waals surface area contributed by atoms with Crippen LogP contribution in [0, 0.1) is 17.3 Å². The zero-order chi connectivity index (χ0) is 44.7. The highest BCUT2D eigenvalue weighted by Crippen LogP contribution is 2.65. The van der Waals surface area contributed by atoms with E-state index in [1.807, 2.05) is 37.3 Å². The van der Waals surface area contributed by atoms with Gasteiger partial charge in [-0.15, -0.1) is 0 Å². The van der Waals surface area contributed by atoms with Gasteiger partial charge in [-0.25, -0.2) is 8.42 Å². The quantitative estimate of drug-likeness (QED) is 0.0627. The van der Waals surface area contributed by atoms with Gasteiger partial charge >= 0.3 is 7.12 Å². The van der Waals surface area contributed by atoms with Crippen LogP contribution in [0.25, 0.3) is 11.1 Å². The Hall–Kier alpha value is -3.91. The minimum atomic E-state index is -4.21. The molecule has 4 amide bonds. The molecule has 1 heterocycles. The number of amides is 4. The van der Waals surface area contributed by atoms with Crippen molar-refractivity contribution in [3.63, 3.8) is 0 Å². The van der Waals surface area contributed by atoms with E-state index in [1.165, 1.54) is 26.0 Å². The van der Waals surface area contributed by atoms with Gasteiger partial charge < -0.3 is 47.1 Å². The summed E-state index contributed by atoms with van der Waals surface area (Å²) in [6.45, 7) is 11.9. The van der Waals surface area contributed by atoms with Gasteiger partial charge in [0, 0.05) is 0 Å². The monoisotopic (exact) mass is 867 g/mol. The molecule has 3 saturated carbocycles. The second-order valence-corrected chi connectivity index (χ2v) is 19.5. The van der Waals surface area contributed by atoms with Gasteiger partial charge in [0.05, 0.1) is 28.6 Å². The summed E-state index contributed by atoms with van der Waals surface area (Å²) in [5.41, 5.74) is 12.8. The third-order valence-electron chi connectivity index (χ3n) is 13.0. The van der Waals surface area contributed by atoms with Crippen LogP contribution in [-0.4, -0.2) is 105 Å². The highest BCUT2D eigenvalue weighted by atomic mass is 32.2. The van der Waals surface area contributed by atoms with Crippen LogP contribution in [-0.2, 0) is 38.5 Å². The standard InChI is InChI=1S/C43H66BN7O9S/c1-26(38(53)49-33(16-10-12-22-45)39(54)48-28(3)44-59-36-25-31-24-35(42(31,4)5)43(36,6)60-44)47-41(56)37(27(2)52)50-40(55)34(17-11-13-23-46)51-61(57,58)32-20-18-30(19-21-32)29-14-8-7-9-15-29/h7-9,14-15,18-21,26-28,31,33-37,51-52H,10-13,16-17,22-25,45-46H2,1-6H3,(H,47,56)(H,48,54)(H,49,53)(H,50,55)/t26-,27+,28-,31-,33-,34-,35-,36+,37-,43-/m0/s1. The molecule has 0 spiro atoms. The molecule has 0 aromatic heterocycles. The topological polar surface area (TPSA) is 253 Å². The minimum Gasteiger partial charge on any atom is -0.404 e. The highest BCUT2D eigenvalue weighted by molar-refractivity contribution is 7.89. The summed E-state index contributed by atoms with van der Waals surface area (Å²) in [5, 5.41) is 21.3. The van der Waals surface area contributed by atoms with Crippen LogP contribution in [0.3, 0.4) is 0 Å². The van der Waals surface area contributed by atoms with Crippen molar-refractivity contribution in [3.05, 3.63) is 54.6 Å². The molecule has 10 atom stereocenters. The van der Waals surface area contributed by atoms with Gasteiger partial charge in [-0.2, -0.15) is 4.72 Å². The fourth-order valence-electron chi connectivity index (χ4n) is 9.04. The molecule has 2 bridgehead atoms. The minimum absolute atomic E-state index is 0.0571. The van der Waals surface area contributed by atoms with E-state index in [1.54, 1.807) is 12.1 Å². The van der Waals surface area contributed by atoms with E-state index < -0.39 is 82.6 Å². The molecule has 336 valence electrons. The van der Waals surface area contributed by atoms with Gasteiger partial charge in [0.2, 0.25) is 33.7 Å². The molecule has 1 saturated heterocycles. The molecule has 3 aliphatic carbocycles. The number of carbonyl (C=O) groups is 4. The van der Waals surface area contributed by atoms with Gasteiger partial charge in [-0.1, -0.05) is 62.7 Å². The Morgan fingerprint density at radius 1 is 0.770 bits per heavy atom. The van der Waals surface area contributed by atoms with Crippen molar-refractivity contribution >= 4 is 40.8 Å². The van der Waals surface area contributed by atoms with Gasteiger partial charge in [-0.3, -0.25) is 19.2 Å². The van der Waals surface area contributed by atoms with Crippen molar-refractivity contribution in [1.29, 1.82) is 0 Å². The van der Waals surface area contributed by atoms with Crippen molar-refractivity contribution in [1.82, 2.24) is 26.0 Å². The predicted octanol–water partition coefficient (Wildman–Crippen LogP) is 1.89. The largest absolute Gasteiger partial charge is 0.481 e. The number of benzene rings is 2. The zero-order valence-electron chi connectivity index (χ0n) is 36.3. The fraction of sp³-hybridized carbons (Fsp3) is 0.628. The van der Waals surface area contributed by atoms with Gasteiger partial charge in [0.15, 0.2) is 0 Å². The molecule has 1 aliphatic heterocycles. The van der Waals surface area contributed by atoms with Gasteiger partial charge in [-0.05, 0) is 126 Å². The summed E-state index contributed by atoms with van der Waals surface area (Å²) in [5.74, 6) is -2.48. The summed E-state index contributed by atoms with van der Waals surface area (Å²) >= 11 is 0. The third-order valence-corrected chi connectivity index (χ3v) is 14.5. The predicted molar refractivity (Wildman–Crippen MR) is 233 cm³/mol. The maximum atomic E-state index is 13.7. The molecular formula is C43H66BN7O9S. The second-order valence-electron chi connectivity index (χ2n) is 17.8. The van der Waals surface area contributed by atoms with E-state index in [0.717, 1.165) is 24.0 Å². The third kappa shape index (κ3) is 11.4. The Morgan fingerprint density at radius 2 is 1.36 bits per heavy atom. The Labute approximate surface area is 361 Å². The fourth-order valence-corrected chi connectivity index (χ4v) is 10.3. The first-order chi connectivity index (χ1) is 28.8. The van der Waals surface area contributed by atoms with Crippen molar-refractivity contribution in [3.8, 4) is 11.1 Å². The first kappa shape index (κ1) is 48.1. The number of unbranched alkanes of at least 4 members (excludes halogenated alkanes) is 2. The number of aliphatic hydroxyl groups excluding tert-OH is 1. The van der Waals surface area contributed by atoms with Crippen LogP contribution in [0.4, 0.5) is 0 Å². The summed E-state index contributed by atoms with van der Waals surface area (Å²) in [4.78, 5) is 54.4. The Balaban J connectivity index is 1.19. The van der Waals surface area contributed by atoms with Crippen LogP contribution in [0.5, 0.6) is 0 Å². The number of aliphatic hydroxyl groups is 1. The molecule has 16 nitrogen and oxygen atoms in total. The highest BCUT2D eigenvalue weighted by Gasteiger charge is 2.68. The molecular weight excluding hydrogens is 801 g/mol. The molecule has 4 fully saturated rings. The normalized spacial score (nSPS) is 24.5. The number of hydrogen-bond donors (Lipinski definition) is 8. The van der Waals surface area contributed by atoms with E-state index >= 15 is 0 Å². The summed E-state index contributed by atoms with van der Waals surface area (Å²) in [6.07, 6.45) is 2.89. The molecule has 61 heavy (non-hydrogen) atoms. The lowest BCUT2D eigenvalue weighted by Crippen LogP contribution is -2.65. The maximum Gasteiger partial charge on any atom is 0.481 e. The van der Waals surface area contributed by atoms with Crippen LogP contribution >= 0.6 is 0 Å². The van der Waals surface area contributed by atoms with Crippen molar-refractivity contribution < 1.29 is 42.0 Å². The number of nitrogens with one attached hydrogen (secondary N) is 5. The average molecular weight is 868 g/mol. The van der Waals surface area contributed by atoms with E-state index in [4.69, 9.17) is 20.8 Å². The Bertz CT molecular complexity index is 1940. The van der Waals surface area contributed by atoms with Crippen molar-refractivity contribution in [2.45, 2.75) is 146 Å². The molecule has 4 aliphatic rings. The van der Waals surface area contributed by atoms with Crippen LogP contribution in [0.15, 0.2) is 59.5 Å². The lowest BCUT2D eigenvalue weighted by atomic mass is 9.43. The lowest BCUT2D eigenvalue weighted by molar-refractivity contribution is -0.199. The number of nitrogens with two attached hydrogens (primary N) is 2. The average Bonchev–Trinajstić information content (AvgIpc) is 3.59. The zero-order valence-corrected chi connectivity index (χ0v) is 37.1. The van der Waals surface area contributed by atoms with E-state index in [9.17, 15) is 32.7 Å². The second kappa shape index (κ2) is 20.5. The first-order valence-corrected chi connectivity index (χ1v) is 23.1. The van der Waals surface area contributed by atoms with E-state index in [-0.39, 0.29) is 29.3 Å². The van der Waals surface area contributed by atoms with Gasteiger partial charge in [0.25, 0.3) is 0 Å². The summed E-state index contributed by atoms with van der Waals surface area (Å²) in [6, 6.07) is 10.6. The Morgan fingerprint density at radius 3 is 1.95 bits per heavy atom. The Kier molecular flexibility index (Phi) is 16.2. The molecule has 18 heteroatoms.